The Hall–Kier alpha value is -3.12. The molecule has 0 spiro atoms. The Kier molecular flexibility index (Phi) is 7.65. The van der Waals surface area contributed by atoms with Crippen molar-refractivity contribution in [3.8, 4) is 5.75 Å². The molecule has 2 aromatic carbocycles. The summed E-state index contributed by atoms with van der Waals surface area (Å²) in [5.74, 6) is 1.19. The maximum absolute atomic E-state index is 13.3. The van der Waals surface area contributed by atoms with Gasteiger partial charge in [0.2, 0.25) is 5.91 Å². The van der Waals surface area contributed by atoms with Gasteiger partial charge in [-0.3, -0.25) is 14.5 Å². The van der Waals surface area contributed by atoms with Crippen LogP contribution in [-0.2, 0) is 16.0 Å². The first-order valence-corrected chi connectivity index (χ1v) is 13.8. The third-order valence-corrected chi connectivity index (χ3v) is 7.91. The van der Waals surface area contributed by atoms with E-state index < -0.39 is 6.10 Å². The van der Waals surface area contributed by atoms with E-state index in [2.05, 4.69) is 59.7 Å². The number of piperazine rings is 1. The molecule has 0 N–H and O–H groups in total. The van der Waals surface area contributed by atoms with Crippen LogP contribution in [-0.4, -0.2) is 71.9 Å². The van der Waals surface area contributed by atoms with Crippen molar-refractivity contribution in [1.82, 2.24) is 14.7 Å². The third kappa shape index (κ3) is 5.59. The van der Waals surface area contributed by atoms with E-state index in [0.29, 0.717) is 25.3 Å². The molecule has 3 aliphatic rings. The number of fused-ring (bicyclic) bond motifs is 1. The van der Waals surface area contributed by atoms with Crippen molar-refractivity contribution in [3.05, 3.63) is 77.4 Å². The Balaban J connectivity index is 1.38. The summed E-state index contributed by atoms with van der Waals surface area (Å²) in [5, 5.41) is 0. The molecule has 2 heterocycles. The van der Waals surface area contributed by atoms with Crippen LogP contribution >= 0.6 is 0 Å². The standard InChI is InChI=1S/C31H39N3O3/c1-4-14-32-16-18-33(19-17-32)31(36)28(5-2)37-26-12-11-23-13-15-34(30(35)24-9-10-24)29(27(23)21-26)25-8-6-7-22(3)20-25/h4,6-8,11-12,20-21,24,28-29H,1,5,9-10,13-19H2,2-3H3. The van der Waals surface area contributed by atoms with Crippen molar-refractivity contribution in [2.75, 3.05) is 39.3 Å². The first-order chi connectivity index (χ1) is 18.0. The van der Waals surface area contributed by atoms with E-state index in [0.717, 1.165) is 56.6 Å². The van der Waals surface area contributed by atoms with Gasteiger partial charge in [-0.2, -0.15) is 0 Å². The van der Waals surface area contributed by atoms with Gasteiger partial charge in [-0.05, 0) is 61.4 Å². The molecule has 2 aliphatic heterocycles. The summed E-state index contributed by atoms with van der Waals surface area (Å²) in [7, 11) is 0. The predicted molar refractivity (Wildman–Crippen MR) is 146 cm³/mol. The van der Waals surface area contributed by atoms with E-state index in [9.17, 15) is 9.59 Å². The number of amides is 2. The minimum absolute atomic E-state index is 0.0549. The molecule has 37 heavy (non-hydrogen) atoms. The monoisotopic (exact) mass is 501 g/mol. The molecule has 196 valence electrons. The predicted octanol–water partition coefficient (Wildman–Crippen LogP) is 4.37. The van der Waals surface area contributed by atoms with Crippen molar-refractivity contribution in [2.24, 2.45) is 5.92 Å². The number of benzene rings is 2. The molecule has 0 aromatic heterocycles. The average molecular weight is 502 g/mol. The first-order valence-electron chi connectivity index (χ1n) is 13.8. The van der Waals surface area contributed by atoms with Crippen molar-refractivity contribution in [1.29, 1.82) is 0 Å². The van der Waals surface area contributed by atoms with Gasteiger partial charge in [-0.1, -0.05) is 48.9 Å². The molecular formula is C31H39N3O3. The lowest BCUT2D eigenvalue weighted by molar-refractivity contribution is -0.140. The zero-order chi connectivity index (χ0) is 25.9. The van der Waals surface area contributed by atoms with E-state index in [-0.39, 0.29) is 23.8 Å². The van der Waals surface area contributed by atoms with Crippen molar-refractivity contribution in [3.63, 3.8) is 0 Å². The van der Waals surface area contributed by atoms with E-state index in [1.807, 2.05) is 24.0 Å². The minimum atomic E-state index is -0.519. The summed E-state index contributed by atoms with van der Waals surface area (Å²) in [6.45, 7) is 12.6. The van der Waals surface area contributed by atoms with E-state index in [1.165, 1.54) is 11.1 Å². The molecule has 6 heteroatoms. The van der Waals surface area contributed by atoms with Crippen molar-refractivity contribution < 1.29 is 14.3 Å². The number of nitrogens with zero attached hydrogens (tertiary/aromatic N) is 3. The molecule has 1 saturated heterocycles. The number of rotatable bonds is 8. The molecule has 2 atom stereocenters. The zero-order valence-electron chi connectivity index (χ0n) is 22.2. The number of aryl methyl sites for hydroxylation is 1. The van der Waals surface area contributed by atoms with Crippen LogP contribution in [0.3, 0.4) is 0 Å². The highest BCUT2D eigenvalue weighted by atomic mass is 16.5. The number of carbonyl (C=O) groups is 2. The van der Waals surface area contributed by atoms with Crippen LogP contribution < -0.4 is 4.74 Å². The second-order valence-electron chi connectivity index (χ2n) is 10.7. The van der Waals surface area contributed by atoms with E-state index >= 15 is 0 Å². The largest absolute Gasteiger partial charge is 0.481 e. The number of hydrogen-bond acceptors (Lipinski definition) is 4. The van der Waals surface area contributed by atoms with Crippen LogP contribution in [0.15, 0.2) is 55.1 Å². The maximum atomic E-state index is 13.3. The Bertz CT molecular complexity index is 1150. The van der Waals surface area contributed by atoms with Gasteiger partial charge in [0.1, 0.15) is 5.75 Å². The third-order valence-electron chi connectivity index (χ3n) is 7.91. The van der Waals surface area contributed by atoms with Gasteiger partial charge in [0, 0.05) is 45.2 Å². The molecular weight excluding hydrogens is 462 g/mol. The quantitative estimate of drug-likeness (QED) is 0.504. The molecule has 2 aromatic rings. The number of carbonyl (C=O) groups excluding carboxylic acids is 2. The summed E-state index contributed by atoms with van der Waals surface area (Å²) in [4.78, 5) is 33.0. The van der Waals surface area contributed by atoms with Gasteiger partial charge in [0.05, 0.1) is 6.04 Å². The minimum Gasteiger partial charge on any atom is -0.481 e. The van der Waals surface area contributed by atoms with Gasteiger partial charge in [0.25, 0.3) is 5.91 Å². The lowest BCUT2D eigenvalue weighted by Crippen LogP contribution is -2.52. The van der Waals surface area contributed by atoms with Gasteiger partial charge in [0.15, 0.2) is 6.10 Å². The molecule has 1 saturated carbocycles. The zero-order valence-corrected chi connectivity index (χ0v) is 22.2. The van der Waals surface area contributed by atoms with E-state index in [4.69, 9.17) is 4.74 Å². The Labute approximate surface area is 220 Å². The first kappa shape index (κ1) is 25.5. The van der Waals surface area contributed by atoms with Crippen LogP contribution in [0.1, 0.15) is 54.5 Å². The molecule has 5 rings (SSSR count). The van der Waals surface area contributed by atoms with Gasteiger partial charge in [-0.15, -0.1) is 6.58 Å². The van der Waals surface area contributed by atoms with Gasteiger partial charge < -0.3 is 14.5 Å². The number of hydrogen-bond donors (Lipinski definition) is 0. The fourth-order valence-electron chi connectivity index (χ4n) is 5.68. The van der Waals surface area contributed by atoms with Gasteiger partial charge >= 0.3 is 0 Å². The molecule has 2 unspecified atom stereocenters. The second kappa shape index (κ2) is 11.1. The summed E-state index contributed by atoms with van der Waals surface area (Å²) >= 11 is 0. The van der Waals surface area contributed by atoms with Crippen LogP contribution in [0.2, 0.25) is 0 Å². The molecule has 0 radical (unpaired) electrons. The second-order valence-corrected chi connectivity index (χ2v) is 10.7. The van der Waals surface area contributed by atoms with Crippen LogP contribution in [0.4, 0.5) is 0 Å². The highest BCUT2D eigenvalue weighted by Crippen LogP contribution is 2.41. The summed E-state index contributed by atoms with van der Waals surface area (Å²) in [6.07, 6.45) is 4.82. The topological polar surface area (TPSA) is 53.1 Å². The highest BCUT2D eigenvalue weighted by molar-refractivity contribution is 5.83. The molecule has 6 nitrogen and oxygen atoms in total. The molecule has 2 amide bonds. The van der Waals surface area contributed by atoms with Crippen LogP contribution in [0, 0.1) is 12.8 Å². The fourth-order valence-corrected chi connectivity index (χ4v) is 5.68. The molecule has 2 fully saturated rings. The number of ether oxygens (including phenoxy) is 1. The Morgan fingerprint density at radius 1 is 1.08 bits per heavy atom. The summed E-state index contributed by atoms with van der Waals surface area (Å²) in [6, 6.07) is 14.5. The van der Waals surface area contributed by atoms with Crippen LogP contribution in [0.25, 0.3) is 0 Å². The lowest BCUT2D eigenvalue weighted by atomic mass is 9.87. The fraction of sp³-hybridized carbons (Fsp3) is 0.484. The SMILES string of the molecule is C=CCN1CCN(C(=O)C(CC)Oc2ccc3c(c2)C(c2cccc(C)c2)N(C(=O)C2CC2)CC3)CC1. The van der Waals surface area contributed by atoms with E-state index in [1.54, 1.807) is 0 Å². The summed E-state index contributed by atoms with van der Waals surface area (Å²) < 4.78 is 6.36. The van der Waals surface area contributed by atoms with Gasteiger partial charge in [-0.25, -0.2) is 0 Å². The van der Waals surface area contributed by atoms with Crippen LogP contribution in [0.5, 0.6) is 5.75 Å². The van der Waals surface area contributed by atoms with Crippen molar-refractivity contribution >= 4 is 11.8 Å². The molecule has 1 aliphatic carbocycles. The molecule has 0 bridgehead atoms. The van der Waals surface area contributed by atoms with Crippen molar-refractivity contribution in [2.45, 2.75) is 51.7 Å². The average Bonchev–Trinajstić information content (AvgIpc) is 3.76. The summed E-state index contributed by atoms with van der Waals surface area (Å²) in [5.41, 5.74) is 4.67. The smallest absolute Gasteiger partial charge is 0.263 e. The normalized spacial score (nSPS) is 20.8. The Morgan fingerprint density at radius 2 is 1.86 bits per heavy atom. The lowest BCUT2D eigenvalue weighted by Gasteiger charge is -2.38. The highest BCUT2D eigenvalue weighted by Gasteiger charge is 2.40. The Morgan fingerprint density at radius 3 is 2.54 bits per heavy atom. The maximum Gasteiger partial charge on any atom is 0.263 e.